The fourth-order valence-corrected chi connectivity index (χ4v) is 3.86. The number of carbonyl (C=O) groups excluding carboxylic acids is 1. The smallest absolute Gasteiger partial charge is 0.248 e. The number of ether oxygens (including phenoxy) is 3. The molecule has 6 nitrogen and oxygen atoms in total. The maximum atomic E-state index is 12.1. The van der Waals surface area contributed by atoms with Gasteiger partial charge in [-0.3, -0.25) is 9.69 Å². The standard InChI is InChI=1S/C20H30N2O4/c1-4-10-26-20-15(6-5-7-18(20)24-3)11-22-9-8-16-13-25-14-19(23)21(2)17(16)12-22/h5-7,16-17H,4,8-14H2,1-3H3/t16-,17-/m0/s1. The van der Waals surface area contributed by atoms with Crippen LogP contribution < -0.4 is 9.47 Å². The van der Waals surface area contributed by atoms with E-state index in [-0.39, 0.29) is 18.6 Å². The second-order valence-corrected chi connectivity index (χ2v) is 7.17. The average molecular weight is 362 g/mol. The molecule has 2 aliphatic heterocycles. The lowest BCUT2D eigenvalue weighted by atomic mass is 9.91. The Morgan fingerprint density at radius 3 is 2.96 bits per heavy atom. The van der Waals surface area contributed by atoms with Crippen LogP contribution in [0.15, 0.2) is 18.2 Å². The normalized spacial score (nSPS) is 24.1. The summed E-state index contributed by atoms with van der Waals surface area (Å²) in [5.74, 6) is 2.12. The van der Waals surface area contributed by atoms with E-state index in [0.29, 0.717) is 19.1 Å². The number of benzene rings is 1. The molecule has 0 spiro atoms. The molecule has 3 rings (SSSR count). The molecule has 26 heavy (non-hydrogen) atoms. The van der Waals surface area contributed by atoms with Crippen molar-refractivity contribution in [2.24, 2.45) is 5.92 Å². The summed E-state index contributed by atoms with van der Waals surface area (Å²) in [5.41, 5.74) is 1.13. The molecule has 0 aliphatic carbocycles. The number of hydrogen-bond donors (Lipinski definition) is 0. The van der Waals surface area contributed by atoms with Gasteiger partial charge in [0.15, 0.2) is 11.5 Å². The molecule has 2 atom stereocenters. The minimum atomic E-state index is 0.0766. The number of hydrogen-bond acceptors (Lipinski definition) is 5. The predicted octanol–water partition coefficient (Wildman–Crippen LogP) is 2.16. The van der Waals surface area contributed by atoms with Crippen molar-refractivity contribution < 1.29 is 19.0 Å². The van der Waals surface area contributed by atoms with Crippen molar-refractivity contribution in [2.75, 3.05) is 47.1 Å². The van der Waals surface area contributed by atoms with Gasteiger partial charge in [-0.25, -0.2) is 0 Å². The highest BCUT2D eigenvalue weighted by molar-refractivity contribution is 5.77. The summed E-state index contributed by atoms with van der Waals surface area (Å²) in [6, 6.07) is 6.26. The van der Waals surface area contributed by atoms with Crippen LogP contribution in [0.2, 0.25) is 0 Å². The molecule has 2 aliphatic rings. The Bertz CT molecular complexity index is 622. The van der Waals surface area contributed by atoms with E-state index < -0.39 is 0 Å². The number of likely N-dealkylation sites (N-methyl/N-ethyl adjacent to an activating group) is 1. The van der Waals surface area contributed by atoms with Crippen molar-refractivity contribution in [2.45, 2.75) is 32.4 Å². The SMILES string of the molecule is CCCOc1c(CN2CC[C@H]3COCC(=O)N(C)[C@H]3C2)cccc1OC. The topological polar surface area (TPSA) is 51.2 Å². The Morgan fingerprint density at radius 2 is 2.19 bits per heavy atom. The molecular formula is C20H30N2O4. The van der Waals surface area contributed by atoms with Crippen LogP contribution in [0.4, 0.5) is 0 Å². The molecule has 2 saturated heterocycles. The van der Waals surface area contributed by atoms with E-state index in [0.717, 1.165) is 49.5 Å². The fourth-order valence-electron chi connectivity index (χ4n) is 3.86. The van der Waals surface area contributed by atoms with E-state index in [9.17, 15) is 4.79 Å². The van der Waals surface area contributed by atoms with Gasteiger partial charge < -0.3 is 19.1 Å². The molecule has 0 saturated carbocycles. The highest BCUT2D eigenvalue weighted by atomic mass is 16.5. The third-order valence-electron chi connectivity index (χ3n) is 5.38. The Kier molecular flexibility index (Phi) is 6.38. The quantitative estimate of drug-likeness (QED) is 0.776. The van der Waals surface area contributed by atoms with Gasteiger partial charge in [-0.15, -0.1) is 0 Å². The molecule has 0 bridgehead atoms. The second kappa shape index (κ2) is 8.73. The first-order chi connectivity index (χ1) is 12.6. The van der Waals surface area contributed by atoms with Crippen molar-refractivity contribution >= 4 is 5.91 Å². The number of carbonyl (C=O) groups is 1. The summed E-state index contributed by atoms with van der Waals surface area (Å²) in [6.07, 6.45) is 2.00. The lowest BCUT2D eigenvalue weighted by molar-refractivity contribution is -0.134. The van der Waals surface area contributed by atoms with E-state index in [1.54, 1.807) is 7.11 Å². The van der Waals surface area contributed by atoms with Crippen molar-refractivity contribution in [3.63, 3.8) is 0 Å². The maximum absolute atomic E-state index is 12.1. The summed E-state index contributed by atoms with van der Waals surface area (Å²) in [6.45, 7) is 6.31. The lowest BCUT2D eigenvalue weighted by Crippen LogP contribution is -2.52. The molecule has 0 aromatic heterocycles. The van der Waals surface area contributed by atoms with Crippen LogP contribution in [0.1, 0.15) is 25.3 Å². The van der Waals surface area contributed by atoms with Crippen molar-refractivity contribution in [3.05, 3.63) is 23.8 Å². The molecule has 1 aromatic carbocycles. The Balaban J connectivity index is 1.74. The molecule has 2 heterocycles. The highest BCUT2D eigenvalue weighted by Gasteiger charge is 2.36. The van der Waals surface area contributed by atoms with Gasteiger partial charge >= 0.3 is 0 Å². The van der Waals surface area contributed by atoms with E-state index >= 15 is 0 Å². The van der Waals surface area contributed by atoms with Gasteiger partial charge in [0.2, 0.25) is 5.91 Å². The zero-order chi connectivity index (χ0) is 18.5. The van der Waals surface area contributed by atoms with Crippen LogP contribution in [-0.4, -0.2) is 68.8 Å². The minimum Gasteiger partial charge on any atom is -0.493 e. The van der Waals surface area contributed by atoms with Crippen LogP contribution in [0.25, 0.3) is 0 Å². The van der Waals surface area contributed by atoms with Gasteiger partial charge in [0.25, 0.3) is 0 Å². The summed E-state index contributed by atoms with van der Waals surface area (Å²) >= 11 is 0. The van der Waals surface area contributed by atoms with Crippen LogP contribution in [0.5, 0.6) is 11.5 Å². The van der Waals surface area contributed by atoms with Crippen LogP contribution in [0, 0.1) is 5.92 Å². The number of methoxy groups -OCH3 is 1. The number of piperidine rings is 1. The van der Waals surface area contributed by atoms with Crippen molar-refractivity contribution in [1.29, 1.82) is 0 Å². The first kappa shape index (κ1) is 19.0. The number of para-hydroxylation sites is 1. The Labute approximate surface area is 156 Å². The molecule has 1 amide bonds. The monoisotopic (exact) mass is 362 g/mol. The molecule has 6 heteroatoms. The Morgan fingerprint density at radius 1 is 1.35 bits per heavy atom. The van der Waals surface area contributed by atoms with Gasteiger partial charge in [-0.1, -0.05) is 19.1 Å². The number of likely N-dealkylation sites (tertiary alicyclic amines) is 1. The summed E-state index contributed by atoms with van der Waals surface area (Å²) < 4.78 is 17.0. The molecule has 144 valence electrons. The summed E-state index contributed by atoms with van der Waals surface area (Å²) in [7, 11) is 3.58. The van der Waals surface area contributed by atoms with Gasteiger partial charge in [-0.2, -0.15) is 0 Å². The average Bonchev–Trinajstić information content (AvgIpc) is 2.79. The van der Waals surface area contributed by atoms with Crippen LogP contribution in [0.3, 0.4) is 0 Å². The van der Waals surface area contributed by atoms with Crippen molar-refractivity contribution in [1.82, 2.24) is 9.80 Å². The summed E-state index contributed by atoms with van der Waals surface area (Å²) in [4.78, 5) is 16.4. The largest absolute Gasteiger partial charge is 0.493 e. The molecule has 0 N–H and O–H groups in total. The van der Waals surface area contributed by atoms with E-state index in [1.165, 1.54) is 0 Å². The minimum absolute atomic E-state index is 0.0766. The zero-order valence-electron chi connectivity index (χ0n) is 16.1. The molecular weight excluding hydrogens is 332 g/mol. The second-order valence-electron chi connectivity index (χ2n) is 7.17. The van der Waals surface area contributed by atoms with Crippen LogP contribution >= 0.6 is 0 Å². The van der Waals surface area contributed by atoms with E-state index in [2.05, 4.69) is 17.9 Å². The van der Waals surface area contributed by atoms with E-state index in [4.69, 9.17) is 14.2 Å². The Hall–Kier alpha value is -1.79. The summed E-state index contributed by atoms with van der Waals surface area (Å²) in [5, 5.41) is 0. The maximum Gasteiger partial charge on any atom is 0.248 e. The van der Waals surface area contributed by atoms with Gasteiger partial charge in [0, 0.05) is 37.7 Å². The third-order valence-corrected chi connectivity index (χ3v) is 5.38. The number of amides is 1. The van der Waals surface area contributed by atoms with E-state index in [1.807, 2.05) is 24.1 Å². The van der Waals surface area contributed by atoms with Gasteiger partial charge in [0.1, 0.15) is 6.61 Å². The number of rotatable bonds is 6. The molecule has 2 fully saturated rings. The van der Waals surface area contributed by atoms with Gasteiger partial charge in [0.05, 0.1) is 20.3 Å². The lowest BCUT2D eigenvalue weighted by Gasteiger charge is -2.41. The highest BCUT2D eigenvalue weighted by Crippen LogP contribution is 2.33. The fraction of sp³-hybridized carbons (Fsp3) is 0.650. The number of nitrogens with zero attached hydrogens (tertiary/aromatic N) is 2. The third kappa shape index (κ3) is 4.13. The molecule has 1 aromatic rings. The zero-order valence-corrected chi connectivity index (χ0v) is 16.1. The van der Waals surface area contributed by atoms with Crippen molar-refractivity contribution in [3.8, 4) is 11.5 Å². The van der Waals surface area contributed by atoms with Gasteiger partial charge in [-0.05, 0) is 25.5 Å². The molecule has 0 radical (unpaired) electrons. The first-order valence-electron chi connectivity index (χ1n) is 9.48. The first-order valence-corrected chi connectivity index (χ1v) is 9.48. The molecule has 0 unspecified atom stereocenters. The van der Waals surface area contributed by atoms with Crippen LogP contribution in [-0.2, 0) is 16.1 Å². The predicted molar refractivity (Wildman–Crippen MR) is 99.5 cm³/mol. The number of fused-ring (bicyclic) bond motifs is 1.